The van der Waals surface area contributed by atoms with Gasteiger partial charge in [0.05, 0.1) is 82.9 Å². The van der Waals surface area contributed by atoms with Gasteiger partial charge in [0.1, 0.15) is 52.0 Å². The normalized spacial score (nSPS) is 13.1. The fourth-order valence-corrected chi connectivity index (χ4v) is 17.0. The van der Waals surface area contributed by atoms with Gasteiger partial charge in [-0.15, -0.1) is 37.6 Å². The number of fused-ring (bicyclic) bond motifs is 6. The van der Waals surface area contributed by atoms with Crippen molar-refractivity contribution in [3.8, 4) is 11.5 Å². The van der Waals surface area contributed by atoms with Crippen molar-refractivity contribution >= 4 is 198 Å². The molecule has 0 aliphatic heterocycles. The fourth-order valence-electron chi connectivity index (χ4n) is 8.98. The molecule has 45 heteroatoms. The Morgan fingerprint density at radius 2 is 0.710 bits per heavy atom. The van der Waals surface area contributed by atoms with E-state index in [0.29, 0.717) is 50.2 Å². The quantitative estimate of drug-likeness (QED) is 0.0446. The summed E-state index contributed by atoms with van der Waals surface area (Å²) in [5, 5.41) is 21.1. The van der Waals surface area contributed by atoms with Gasteiger partial charge in [-0.05, 0) is 147 Å². The number of rotatable bonds is 14. The smallest absolute Gasteiger partial charge is 0.507 e. The number of hydrogen-bond donors (Lipinski definition) is 4. The van der Waals surface area contributed by atoms with E-state index < -0.39 is 101 Å². The highest BCUT2D eigenvalue weighted by Crippen LogP contribution is 2.42. The number of nitrogens with zero attached hydrogens (tertiary/aromatic N) is 9. The second-order valence-electron chi connectivity index (χ2n) is 25.1. The first-order chi connectivity index (χ1) is 49.2. The van der Waals surface area contributed by atoms with Gasteiger partial charge in [0, 0.05) is 45.4 Å². The molecule has 570 valence electrons. The number of nitrogens with one attached hydrogen (secondary N) is 3. The summed E-state index contributed by atoms with van der Waals surface area (Å²) in [7, 11) is -31.6. The van der Waals surface area contributed by atoms with Crippen molar-refractivity contribution in [3.63, 3.8) is 0 Å². The number of aromatic nitrogens is 9. The molecule has 12 rings (SSSR count). The molecule has 0 unspecified atom stereocenters. The van der Waals surface area contributed by atoms with Crippen LogP contribution in [0.3, 0.4) is 0 Å². The van der Waals surface area contributed by atoms with Gasteiger partial charge >= 0.3 is 46.9 Å². The first-order valence-corrected chi connectivity index (χ1v) is 41.1. The largest absolute Gasteiger partial charge is 0.534 e. The molecule has 107 heavy (non-hydrogen) atoms. The summed E-state index contributed by atoms with van der Waals surface area (Å²) in [6.07, 6.45) is 5.45. The number of hydrogen-bond acceptors (Lipinski definition) is 30. The van der Waals surface area contributed by atoms with Gasteiger partial charge in [-0.25, -0.2) is 70.1 Å². The van der Waals surface area contributed by atoms with Crippen LogP contribution in [0.25, 0.3) is 69.4 Å². The van der Waals surface area contributed by atoms with Crippen LogP contribution in [0.15, 0.2) is 148 Å². The third-order valence-corrected chi connectivity index (χ3v) is 28.2. The summed E-state index contributed by atoms with van der Waals surface area (Å²) in [6.45, 7) is 17.6. The molecular weight excluding hydrogens is 1610 g/mol. The molecule has 4 N–H and O–H groups in total. The van der Waals surface area contributed by atoms with Gasteiger partial charge < -0.3 is 25.2 Å². The Kier molecular flexibility index (Phi) is 22.5. The molecule has 27 nitrogen and oxygen atoms in total. The molecule has 12 aromatic rings. The van der Waals surface area contributed by atoms with Crippen LogP contribution in [0.4, 0.5) is 74.0 Å². The Morgan fingerprint density at radius 1 is 0.393 bits per heavy atom. The van der Waals surface area contributed by atoms with Crippen molar-refractivity contribution in [1.82, 2.24) is 44.9 Å². The van der Waals surface area contributed by atoms with Crippen molar-refractivity contribution in [2.24, 2.45) is 0 Å². The average molecular weight is 1670 g/mol. The summed E-state index contributed by atoms with van der Waals surface area (Å²) < 4.78 is 255. The summed E-state index contributed by atoms with van der Waals surface area (Å²) >= 11 is 4.57. The van der Waals surface area contributed by atoms with E-state index in [2.05, 4.69) is 71.6 Å². The minimum atomic E-state index is -6.85. The lowest BCUT2D eigenvalue weighted by Crippen LogP contribution is -2.34. The maximum Gasteiger partial charge on any atom is 0.534 e. The van der Waals surface area contributed by atoms with Gasteiger partial charge in [0.25, 0.3) is 0 Å². The van der Waals surface area contributed by atoms with Crippen LogP contribution in [0, 0.1) is 0 Å². The van der Waals surface area contributed by atoms with E-state index in [-0.39, 0.29) is 32.3 Å². The van der Waals surface area contributed by atoms with E-state index in [9.17, 15) is 95.1 Å². The average Bonchev–Trinajstić information content (AvgIpc) is 1.55. The van der Waals surface area contributed by atoms with Crippen LogP contribution < -0.4 is 20.1 Å². The monoisotopic (exact) mass is 1670 g/mol. The van der Waals surface area contributed by atoms with E-state index in [4.69, 9.17) is 0 Å². The van der Waals surface area contributed by atoms with Crippen molar-refractivity contribution in [3.05, 3.63) is 139 Å². The number of sulfone groups is 3. The van der Waals surface area contributed by atoms with E-state index in [1.54, 1.807) is 111 Å². The molecule has 0 aliphatic carbocycles. The van der Waals surface area contributed by atoms with E-state index in [0.717, 1.165) is 55.0 Å². The Morgan fingerprint density at radius 3 is 1.06 bits per heavy atom. The van der Waals surface area contributed by atoms with Crippen molar-refractivity contribution in [1.29, 1.82) is 0 Å². The summed E-state index contributed by atoms with van der Waals surface area (Å²) in [5.74, 6) is -0.218. The van der Waals surface area contributed by atoms with Gasteiger partial charge in [-0.3, -0.25) is 0 Å². The first kappa shape index (κ1) is 81.8. The highest BCUT2D eigenvalue weighted by Gasteiger charge is 2.57. The number of thiazole rings is 3. The molecule has 0 aliphatic rings. The van der Waals surface area contributed by atoms with Crippen molar-refractivity contribution in [2.45, 2.75) is 108 Å². The lowest BCUT2D eigenvalue weighted by molar-refractivity contribution is -0.0586. The van der Waals surface area contributed by atoms with Crippen LogP contribution in [0.2, 0.25) is 0 Å². The third kappa shape index (κ3) is 17.5. The zero-order valence-electron chi connectivity index (χ0n) is 56.2. The second-order valence-corrected chi connectivity index (χ2v) is 40.6. The predicted molar refractivity (Wildman–Crippen MR) is 387 cm³/mol. The number of anilines is 6. The van der Waals surface area contributed by atoms with Crippen LogP contribution in [-0.2, 0) is 63.5 Å². The van der Waals surface area contributed by atoms with E-state index in [1.807, 2.05) is 46.1 Å². The predicted octanol–water partition coefficient (Wildman–Crippen LogP) is 14.9. The molecular formula is C62H55F9N12O15S9. The standard InChI is InChI=1S/C21H20N4O2S2.C20H17F3N4O5S3.C19H18N4O3S2.C2F6O5S2/c1-5-13-8-16-15(10-19(13)29(26,27)21(2,3)4)20(23-11-22-16)25-14-6-7-18-17(9-14)24-12-28-18;1-19(2,3)34(28,29)17-7-12-13(8-15(17)32-35(30,31)20(21,22)23)24-9-25-18(12)27-11-4-5-16-14(6-11)26-10-33-16;1-19(2,3)28(25,26)17-7-12-13(8-15(17)24)20-9-21-18(12)23-11-4-5-16-14(6-11)22-10-27-16;3-1(4,5)14(9,10)13-15(11,12)2(6,7)8/h5-12H,1H2,2-4H3,(H,22,23,25);4-10H,1-3H3,(H,24,25,27);4-10,24H,1-3H3,(H,20,21,23);. The Bertz CT molecular complexity index is 6170. The van der Waals surface area contributed by atoms with E-state index in [1.165, 1.54) is 56.9 Å². The number of benzene rings is 6. The zero-order chi connectivity index (χ0) is 79.4. The Balaban J connectivity index is 0.000000171. The van der Waals surface area contributed by atoms with Crippen molar-refractivity contribution < 1.29 is 103 Å². The van der Waals surface area contributed by atoms with Crippen LogP contribution in [0.5, 0.6) is 11.5 Å². The minimum absolute atomic E-state index is 0.0440. The number of halogens is 9. The first-order valence-electron chi connectivity index (χ1n) is 29.7. The number of alkyl halides is 9. The molecule has 0 fully saturated rings. The Hall–Kier alpha value is -9.22. The number of phenols is 1. The Labute approximate surface area is 615 Å². The molecule has 0 bridgehead atoms. The van der Waals surface area contributed by atoms with Gasteiger partial charge in [-0.1, -0.05) is 12.7 Å². The molecule has 0 saturated heterocycles. The van der Waals surface area contributed by atoms with Gasteiger partial charge in [0.2, 0.25) is 0 Å². The maximum atomic E-state index is 13.2. The highest BCUT2D eigenvalue weighted by molar-refractivity contribution is 8.00. The van der Waals surface area contributed by atoms with Crippen LogP contribution >= 0.6 is 34.0 Å². The summed E-state index contributed by atoms with van der Waals surface area (Å²) in [5.41, 5.74) is -6.85. The highest BCUT2D eigenvalue weighted by atomic mass is 32.3. The molecule has 0 saturated carbocycles. The maximum absolute atomic E-state index is 13.2. The van der Waals surface area contributed by atoms with Crippen LogP contribution in [-0.4, -0.2) is 131 Å². The lowest BCUT2D eigenvalue weighted by atomic mass is 10.1. The molecule has 0 amide bonds. The molecule has 6 aromatic heterocycles. The number of phenolic OH excluding ortho intramolecular Hbond substituents is 1. The summed E-state index contributed by atoms with van der Waals surface area (Å²) in [4.78, 5) is 37.4. The zero-order valence-corrected chi connectivity index (χ0v) is 63.5. The molecule has 6 heterocycles. The third-order valence-electron chi connectivity index (χ3n) is 14.7. The molecule has 0 spiro atoms. The van der Waals surface area contributed by atoms with Gasteiger partial charge in [-0.2, -0.15) is 64.8 Å². The van der Waals surface area contributed by atoms with Crippen molar-refractivity contribution in [2.75, 3.05) is 16.0 Å². The molecule has 6 aromatic carbocycles. The SMILES string of the molecule is C=Cc1cc2ncnc(Nc3ccc4scnc4c3)c2cc1S(=O)(=O)C(C)(C)C.CC(C)(C)S(=O)(=O)c1cc2c(Nc3ccc4scnc4c3)ncnc2cc1O.CC(C)(C)S(=O)(=O)c1cc2c(Nc3ccc4scnc4c3)ncnc2cc1OS(=O)(=O)C(F)(F)F.O=S(=O)(OS(=O)(=O)C(F)(F)F)C(F)(F)F. The molecule has 0 radical (unpaired) electrons. The second kappa shape index (κ2) is 29.4. The summed E-state index contributed by atoms with van der Waals surface area (Å²) in [6, 6.07) is 24.9. The van der Waals surface area contributed by atoms with E-state index >= 15 is 0 Å². The fraction of sp³-hybridized carbons (Fsp3) is 0.242. The lowest BCUT2D eigenvalue weighted by Gasteiger charge is -2.22. The van der Waals surface area contributed by atoms with Crippen LogP contribution in [0.1, 0.15) is 67.9 Å². The van der Waals surface area contributed by atoms with Gasteiger partial charge in [0.15, 0.2) is 35.3 Å². The minimum Gasteiger partial charge on any atom is -0.507 e. The topological polar surface area (TPSA) is 396 Å². The molecule has 0 atom stereocenters. The number of aromatic hydroxyl groups is 1.